The minimum Gasteiger partial charge on any atom is -0.508 e. The summed E-state index contributed by atoms with van der Waals surface area (Å²) in [5, 5.41) is 52.6. The number of para-hydroxylation sites is 1. The number of nitrogens with one attached hydrogen (secondary N) is 6. The van der Waals surface area contributed by atoms with E-state index in [-0.39, 0.29) is 93.5 Å². The van der Waals surface area contributed by atoms with Crippen molar-refractivity contribution in [2.75, 3.05) is 13.2 Å². The van der Waals surface area contributed by atoms with Gasteiger partial charge in [-0.2, -0.15) is 0 Å². The zero-order valence-electron chi connectivity index (χ0n) is 56.0. The van der Waals surface area contributed by atoms with Gasteiger partial charge in [-0.25, -0.2) is 4.68 Å². The number of amides is 8. The van der Waals surface area contributed by atoms with Crippen molar-refractivity contribution in [3.8, 4) is 11.5 Å². The van der Waals surface area contributed by atoms with Crippen molar-refractivity contribution in [2.45, 2.75) is 141 Å². The number of guanidine groups is 1. The van der Waals surface area contributed by atoms with Gasteiger partial charge in [-0.3, -0.25) is 62.5 Å². The van der Waals surface area contributed by atoms with Crippen molar-refractivity contribution in [3.05, 3.63) is 143 Å². The van der Waals surface area contributed by atoms with Gasteiger partial charge in [-0.1, -0.05) is 91.9 Å². The molecule has 2 aromatic heterocycles. The summed E-state index contributed by atoms with van der Waals surface area (Å²) in [6.45, 7) is 3.76. The maximum absolute atomic E-state index is 14.7. The molecule has 0 aliphatic carbocycles. The van der Waals surface area contributed by atoms with Crippen LogP contribution in [0.25, 0.3) is 10.9 Å². The normalized spacial score (nSPS) is 13.9. The van der Waals surface area contributed by atoms with E-state index in [9.17, 15) is 72.9 Å². The molecule has 6 rings (SSSR count). The molecule has 0 saturated carbocycles. The number of phenolic OH excluding ortho intramolecular Hbond substituents is 2. The van der Waals surface area contributed by atoms with Crippen molar-refractivity contribution in [3.63, 3.8) is 0 Å². The first-order valence-electron chi connectivity index (χ1n) is 32.7. The Bertz CT molecular complexity index is 3870. The zero-order valence-corrected chi connectivity index (χ0v) is 56.0. The van der Waals surface area contributed by atoms with Crippen molar-refractivity contribution >= 4 is 87.3 Å². The van der Waals surface area contributed by atoms with E-state index in [1.807, 2.05) is 13.8 Å². The van der Waals surface area contributed by atoms with Crippen LogP contribution >= 0.6 is 0 Å². The summed E-state index contributed by atoms with van der Waals surface area (Å²) in [5.41, 5.74) is 31.2. The number of primary amides is 3. The zero-order chi connectivity index (χ0) is 73.2. The Morgan fingerprint density at radius 1 is 0.550 bits per heavy atom. The minimum absolute atomic E-state index is 0.00764. The predicted molar refractivity (Wildman–Crippen MR) is 366 cm³/mol. The molecule has 0 aliphatic rings. The average molecular weight is 1380 g/mol. The first-order valence-corrected chi connectivity index (χ1v) is 32.7. The fourth-order valence-electron chi connectivity index (χ4n) is 11.6. The number of aliphatic hydroxyl groups is 1. The summed E-state index contributed by atoms with van der Waals surface area (Å²) in [6.07, 6.45) is -0.431. The molecular formula is C70H89N15O15. The fraction of sp³-hybridized carbons (Fsp3) is 0.414. The third kappa shape index (κ3) is 25.0. The van der Waals surface area contributed by atoms with Gasteiger partial charge in [0.1, 0.15) is 29.3 Å². The van der Waals surface area contributed by atoms with E-state index in [0.717, 1.165) is 0 Å². The number of ketones is 4. The summed E-state index contributed by atoms with van der Waals surface area (Å²) in [7, 11) is 0. The molecule has 6 aromatic rings. The largest absolute Gasteiger partial charge is 0.508 e. The lowest BCUT2D eigenvalue weighted by atomic mass is 9.89. The molecule has 4 aromatic carbocycles. The quantitative estimate of drug-likeness (QED) is 0.0144. The number of fused-ring (bicyclic) bond motifs is 1. The van der Waals surface area contributed by atoms with Crippen LogP contribution in [0.5, 0.6) is 11.5 Å². The molecule has 0 spiro atoms. The number of aromatic nitrogens is 4. The van der Waals surface area contributed by atoms with Gasteiger partial charge in [0.15, 0.2) is 29.1 Å². The van der Waals surface area contributed by atoms with E-state index in [4.69, 9.17) is 28.7 Å². The number of H-pyrrole nitrogens is 1. The van der Waals surface area contributed by atoms with Crippen LogP contribution in [-0.4, -0.2) is 149 Å². The number of benzene rings is 4. The molecule has 30 heteroatoms. The number of phenols is 2. The summed E-state index contributed by atoms with van der Waals surface area (Å²) in [5.74, 6) is -15.0. The molecule has 0 aliphatic heterocycles. The van der Waals surface area contributed by atoms with Crippen LogP contribution in [0.15, 0.2) is 121 Å². The SMILES string of the molecule is CC(=O)N[C@@H](Cc1ccc(O)cc1)C(=O)C[C@@H](CC(N)=O)C(=O)N[C@@H](Cc1c[nH]c2ccccc12)C(=O)C[C@@H](CC(N)=O)C(=O)N[C@@H](CO)C(=O)C[C@@H](Cc1ccccc1)C(=O)NCc1cn([C@@H](CC(C)C)C(=O)N[C@@H](CCCN=C(N)N)C(=O)C[C@@H](Cc2ccc(O)cc2)C(N)=O)nn1. The Balaban J connectivity index is 1.17. The number of Topliss-reactive ketones (excluding diaryl/α,β-unsaturated/α-hetero) is 4. The number of rotatable bonds is 43. The molecular weight excluding hydrogens is 1290 g/mol. The minimum atomic E-state index is -1.71. The van der Waals surface area contributed by atoms with Crippen molar-refractivity contribution in [1.29, 1.82) is 0 Å². The number of carbonyl (C=O) groups is 12. The molecule has 30 nitrogen and oxygen atoms in total. The Hall–Kier alpha value is -11.2. The molecule has 0 radical (unpaired) electrons. The number of nitrogens with two attached hydrogens (primary N) is 5. The first-order chi connectivity index (χ1) is 47.5. The van der Waals surface area contributed by atoms with Gasteiger partial charge in [0, 0.05) is 87.3 Å². The first kappa shape index (κ1) is 77.8. The van der Waals surface area contributed by atoms with Crippen LogP contribution in [-0.2, 0) is 89.8 Å². The van der Waals surface area contributed by atoms with E-state index < -0.39 is 163 Å². The van der Waals surface area contributed by atoms with Crippen LogP contribution in [0, 0.1) is 29.6 Å². The number of aromatic hydroxyl groups is 2. The highest BCUT2D eigenvalue weighted by Crippen LogP contribution is 2.26. The van der Waals surface area contributed by atoms with Crippen molar-refractivity contribution in [1.82, 2.24) is 46.6 Å². The maximum Gasteiger partial charge on any atom is 0.245 e. The third-order valence-corrected chi connectivity index (χ3v) is 16.7. The van der Waals surface area contributed by atoms with E-state index in [2.05, 4.69) is 46.9 Å². The number of hydrogen-bond acceptors (Lipinski definition) is 18. The molecule has 0 saturated heterocycles. The van der Waals surface area contributed by atoms with E-state index in [1.54, 1.807) is 72.9 Å². The summed E-state index contributed by atoms with van der Waals surface area (Å²) in [4.78, 5) is 172. The predicted octanol–water partition coefficient (Wildman–Crippen LogP) is 0.887. The van der Waals surface area contributed by atoms with Crippen LogP contribution < -0.4 is 55.3 Å². The summed E-state index contributed by atoms with van der Waals surface area (Å²) < 4.78 is 1.29. The highest BCUT2D eigenvalue weighted by atomic mass is 16.3. The monoisotopic (exact) mass is 1380 g/mol. The Morgan fingerprint density at radius 3 is 1.61 bits per heavy atom. The molecule has 0 bridgehead atoms. The van der Waals surface area contributed by atoms with Gasteiger partial charge in [0.05, 0.1) is 49.3 Å². The van der Waals surface area contributed by atoms with Gasteiger partial charge in [-0.15, -0.1) is 5.10 Å². The Kier molecular flexibility index (Phi) is 29.7. The van der Waals surface area contributed by atoms with E-state index >= 15 is 0 Å². The van der Waals surface area contributed by atoms with Gasteiger partial charge >= 0.3 is 0 Å². The Labute approximate surface area is 576 Å². The van der Waals surface area contributed by atoms with Gasteiger partial charge in [-0.05, 0) is 97.0 Å². The topological polar surface area (TPSA) is 515 Å². The number of aliphatic hydroxyl groups excluding tert-OH is 1. The van der Waals surface area contributed by atoms with Crippen molar-refractivity contribution < 1.29 is 72.9 Å². The number of nitrogens with zero attached hydrogens (tertiary/aromatic N) is 4. The van der Waals surface area contributed by atoms with E-state index in [1.165, 1.54) is 54.2 Å². The third-order valence-electron chi connectivity index (χ3n) is 16.7. The van der Waals surface area contributed by atoms with Crippen LogP contribution in [0.2, 0.25) is 0 Å². The Morgan fingerprint density at radius 2 is 1.05 bits per heavy atom. The average Bonchev–Trinajstić information content (AvgIpc) is 1.64. The van der Waals surface area contributed by atoms with Crippen LogP contribution in [0.3, 0.4) is 0 Å². The molecule has 534 valence electrons. The lowest BCUT2D eigenvalue weighted by Crippen LogP contribution is -2.50. The summed E-state index contributed by atoms with van der Waals surface area (Å²) in [6, 6.07) is 21.0. The molecule has 0 fully saturated rings. The van der Waals surface area contributed by atoms with Crippen LogP contribution in [0.1, 0.15) is 113 Å². The fourth-order valence-corrected chi connectivity index (χ4v) is 11.6. The number of hydrogen-bond donors (Lipinski definition) is 14. The highest BCUT2D eigenvalue weighted by molar-refractivity contribution is 5.99. The smallest absolute Gasteiger partial charge is 0.245 e. The molecule has 100 heavy (non-hydrogen) atoms. The standard InChI is InChI=1S/C70H89N15O15/c1-39(2)24-58(69(100)80-54(14-9-23-76-70(74)75)59(90)29-44(65(73)96)25-42-15-19-50(88)20-16-42)85-37-49(83-84-85)36-78-66(97)45(26-41-10-5-4-6-11-41)30-62(93)57(38-86)82-68(99)47(34-64(72)95)32-61(92)56(28-48-35-77-53-13-8-7-12-52(48)53)81-67(98)46(33-63(71)94)31-60(91)55(79-40(3)87)27-43-17-21-51(89)22-18-43/h4-8,10-13,15-22,35,37,39,44-47,54-58,77,86,88-89H,9,14,23-34,36,38H2,1-3H3,(H2,71,94)(H2,72,95)(H2,73,96)(H,78,97)(H,79,87)(H,80,100)(H,81,98)(H,82,99)(H4,74,75,76)/t44-,45-,46+,47+,54+,55+,56+,57+,58+/m1/s1. The van der Waals surface area contributed by atoms with Crippen molar-refractivity contribution in [2.24, 2.45) is 63.3 Å². The lowest BCUT2D eigenvalue weighted by molar-refractivity contribution is -0.137. The molecule has 9 atom stereocenters. The van der Waals surface area contributed by atoms with Gasteiger partial charge in [0.2, 0.25) is 47.3 Å². The number of aliphatic imine (C=N–C) groups is 1. The second-order valence-corrected chi connectivity index (χ2v) is 25.3. The van der Waals surface area contributed by atoms with E-state index in [0.29, 0.717) is 33.2 Å². The second kappa shape index (κ2) is 38.1. The summed E-state index contributed by atoms with van der Waals surface area (Å²) >= 11 is 0. The second-order valence-electron chi connectivity index (χ2n) is 25.3. The number of aromatic amines is 1. The molecule has 2 heterocycles. The number of carbonyl (C=O) groups excluding carboxylic acids is 12. The van der Waals surface area contributed by atoms with Gasteiger partial charge < -0.3 is 75.6 Å². The van der Waals surface area contributed by atoms with Crippen LogP contribution in [0.4, 0.5) is 0 Å². The molecule has 0 unspecified atom stereocenters. The maximum atomic E-state index is 14.7. The van der Waals surface area contributed by atoms with Gasteiger partial charge in [0.25, 0.3) is 0 Å². The lowest BCUT2D eigenvalue weighted by Gasteiger charge is -2.25. The molecule has 19 N–H and O–H groups in total. The highest BCUT2D eigenvalue weighted by Gasteiger charge is 2.37. The molecule has 8 amide bonds.